The summed E-state index contributed by atoms with van der Waals surface area (Å²) < 4.78 is 0. The highest BCUT2D eigenvalue weighted by atomic mass is 14.9. The zero-order valence-electron chi connectivity index (χ0n) is 13.7. The van der Waals surface area contributed by atoms with E-state index in [1.807, 2.05) is 0 Å². The molecule has 0 aromatic heterocycles. The van der Waals surface area contributed by atoms with Crippen molar-refractivity contribution < 1.29 is 0 Å². The lowest BCUT2D eigenvalue weighted by atomic mass is 9.91. The van der Waals surface area contributed by atoms with Crippen molar-refractivity contribution >= 4 is 0 Å². The van der Waals surface area contributed by atoms with Crippen LogP contribution >= 0.6 is 0 Å². The predicted octanol–water partition coefficient (Wildman–Crippen LogP) is 5.31. The number of aryl methyl sites for hydroxylation is 2. The minimum absolute atomic E-state index is 0.453. The van der Waals surface area contributed by atoms with E-state index in [-0.39, 0.29) is 0 Å². The third-order valence-corrected chi connectivity index (χ3v) is 5.01. The van der Waals surface area contributed by atoms with Gasteiger partial charge in [-0.1, -0.05) is 49.4 Å². The van der Waals surface area contributed by atoms with Crippen LogP contribution in [-0.4, -0.2) is 6.04 Å². The Bertz CT molecular complexity index is 416. The largest absolute Gasteiger partial charge is 0.307 e. The molecule has 1 N–H and O–H groups in total. The summed E-state index contributed by atoms with van der Waals surface area (Å²) in [5.74, 6) is 0.866. The molecule has 20 heavy (non-hydrogen) atoms. The van der Waals surface area contributed by atoms with Crippen molar-refractivity contribution in [1.82, 2.24) is 5.32 Å². The van der Waals surface area contributed by atoms with E-state index in [0.29, 0.717) is 12.1 Å². The third-order valence-electron chi connectivity index (χ3n) is 5.01. The fourth-order valence-corrected chi connectivity index (χ4v) is 3.74. The summed E-state index contributed by atoms with van der Waals surface area (Å²) >= 11 is 0. The van der Waals surface area contributed by atoms with Gasteiger partial charge in [-0.3, -0.25) is 0 Å². The van der Waals surface area contributed by atoms with Gasteiger partial charge in [-0.25, -0.2) is 0 Å². The zero-order chi connectivity index (χ0) is 14.5. The van der Waals surface area contributed by atoms with E-state index in [4.69, 9.17) is 0 Å². The van der Waals surface area contributed by atoms with Crippen molar-refractivity contribution in [2.24, 2.45) is 5.92 Å². The first-order valence-corrected chi connectivity index (χ1v) is 8.41. The molecule has 1 aromatic rings. The molecule has 1 fully saturated rings. The van der Waals surface area contributed by atoms with Gasteiger partial charge < -0.3 is 5.32 Å². The first-order chi connectivity index (χ1) is 9.58. The highest BCUT2D eigenvalue weighted by Crippen LogP contribution is 2.27. The lowest BCUT2D eigenvalue weighted by Crippen LogP contribution is -2.35. The van der Waals surface area contributed by atoms with E-state index < -0.39 is 0 Å². The van der Waals surface area contributed by atoms with Crippen LogP contribution in [0, 0.1) is 19.8 Å². The Kier molecular flexibility index (Phi) is 5.65. The number of rotatable bonds is 4. The molecule has 1 nitrogen and oxygen atoms in total. The maximum atomic E-state index is 3.85. The van der Waals surface area contributed by atoms with Crippen LogP contribution in [0.25, 0.3) is 0 Å². The monoisotopic (exact) mass is 273 g/mol. The molecule has 1 heteroatoms. The van der Waals surface area contributed by atoms with Crippen LogP contribution in [-0.2, 0) is 0 Å². The Hall–Kier alpha value is -0.820. The number of nitrogens with one attached hydrogen (secondary N) is 1. The molecular formula is C19H31N. The van der Waals surface area contributed by atoms with E-state index in [1.165, 1.54) is 55.2 Å². The average molecular weight is 273 g/mol. The van der Waals surface area contributed by atoms with E-state index in [0.717, 1.165) is 5.92 Å². The molecule has 0 aliphatic heterocycles. The van der Waals surface area contributed by atoms with Crippen molar-refractivity contribution in [2.75, 3.05) is 0 Å². The van der Waals surface area contributed by atoms with Crippen LogP contribution < -0.4 is 5.32 Å². The van der Waals surface area contributed by atoms with Crippen molar-refractivity contribution in [3.8, 4) is 0 Å². The van der Waals surface area contributed by atoms with Crippen LogP contribution in [0.2, 0.25) is 0 Å². The highest BCUT2D eigenvalue weighted by Gasteiger charge is 2.21. The second-order valence-corrected chi connectivity index (χ2v) is 6.79. The Labute approximate surface area is 125 Å². The van der Waals surface area contributed by atoms with Gasteiger partial charge in [0.05, 0.1) is 0 Å². The van der Waals surface area contributed by atoms with Crippen molar-refractivity contribution in [2.45, 2.75) is 78.3 Å². The molecule has 1 unspecified atom stereocenters. The van der Waals surface area contributed by atoms with Gasteiger partial charge in [-0.15, -0.1) is 0 Å². The minimum Gasteiger partial charge on any atom is -0.307 e. The van der Waals surface area contributed by atoms with Gasteiger partial charge in [-0.05, 0) is 57.6 Å². The van der Waals surface area contributed by atoms with Crippen LogP contribution in [0.4, 0.5) is 0 Å². The summed E-state index contributed by atoms with van der Waals surface area (Å²) in [6.45, 7) is 9.10. The normalized spacial score (nSPS) is 20.4. The Morgan fingerprint density at radius 3 is 2.25 bits per heavy atom. The van der Waals surface area contributed by atoms with Crippen molar-refractivity contribution in [3.63, 3.8) is 0 Å². The van der Waals surface area contributed by atoms with Crippen LogP contribution in [0.1, 0.15) is 75.1 Å². The number of hydrogen-bond donors (Lipinski definition) is 1. The van der Waals surface area contributed by atoms with Gasteiger partial charge >= 0.3 is 0 Å². The lowest BCUT2D eigenvalue weighted by molar-refractivity contribution is 0.316. The van der Waals surface area contributed by atoms with E-state index >= 15 is 0 Å². The highest BCUT2D eigenvalue weighted by molar-refractivity contribution is 5.32. The summed E-state index contributed by atoms with van der Waals surface area (Å²) in [6.07, 6.45) is 8.55. The molecular weight excluding hydrogens is 242 g/mol. The average Bonchev–Trinajstić information content (AvgIpc) is 2.67. The molecule has 0 radical (unpaired) electrons. The van der Waals surface area contributed by atoms with E-state index in [1.54, 1.807) is 0 Å². The molecule has 0 amide bonds. The molecule has 1 saturated carbocycles. The lowest BCUT2D eigenvalue weighted by Gasteiger charge is -2.28. The number of hydrogen-bond acceptors (Lipinski definition) is 1. The standard InChI is InChI=1S/C19H31N/c1-14-11-12-19(15(2)13-14)17(4)20-16(3)18-9-7-5-6-8-10-18/h11-13,16-18,20H,5-10H2,1-4H3/t16-,17?/m0/s1. The summed E-state index contributed by atoms with van der Waals surface area (Å²) in [6, 6.07) is 7.90. The van der Waals surface area contributed by atoms with Crippen LogP contribution in [0.3, 0.4) is 0 Å². The molecule has 1 aliphatic rings. The summed E-state index contributed by atoms with van der Waals surface area (Å²) in [5.41, 5.74) is 4.23. The molecule has 0 heterocycles. The first kappa shape index (κ1) is 15.6. The second kappa shape index (κ2) is 7.26. The van der Waals surface area contributed by atoms with Gasteiger partial charge in [-0.2, -0.15) is 0 Å². The Morgan fingerprint density at radius 1 is 1.00 bits per heavy atom. The van der Waals surface area contributed by atoms with Crippen LogP contribution in [0.5, 0.6) is 0 Å². The SMILES string of the molecule is Cc1ccc(C(C)N[C@@H](C)C2CCCCCC2)c(C)c1. The summed E-state index contributed by atoms with van der Waals surface area (Å²) in [4.78, 5) is 0. The molecule has 0 spiro atoms. The predicted molar refractivity (Wildman–Crippen MR) is 88.1 cm³/mol. The molecule has 0 saturated heterocycles. The van der Waals surface area contributed by atoms with Crippen LogP contribution in [0.15, 0.2) is 18.2 Å². The Balaban J connectivity index is 1.97. The molecule has 1 aliphatic carbocycles. The molecule has 2 rings (SSSR count). The molecule has 112 valence electrons. The quantitative estimate of drug-likeness (QED) is 0.733. The molecule has 2 atom stereocenters. The van der Waals surface area contributed by atoms with E-state index in [2.05, 4.69) is 51.2 Å². The zero-order valence-corrected chi connectivity index (χ0v) is 13.7. The number of benzene rings is 1. The maximum absolute atomic E-state index is 3.85. The van der Waals surface area contributed by atoms with Gasteiger partial charge in [0.1, 0.15) is 0 Å². The molecule has 1 aromatic carbocycles. The smallest absolute Gasteiger partial charge is 0.0296 e. The maximum Gasteiger partial charge on any atom is 0.0296 e. The Morgan fingerprint density at radius 2 is 1.65 bits per heavy atom. The van der Waals surface area contributed by atoms with Crippen molar-refractivity contribution in [3.05, 3.63) is 34.9 Å². The molecule has 0 bridgehead atoms. The summed E-state index contributed by atoms with van der Waals surface area (Å²) in [5, 5.41) is 3.85. The topological polar surface area (TPSA) is 12.0 Å². The second-order valence-electron chi connectivity index (χ2n) is 6.79. The van der Waals surface area contributed by atoms with E-state index in [9.17, 15) is 0 Å². The minimum atomic E-state index is 0.453. The van der Waals surface area contributed by atoms with Gasteiger partial charge in [0.15, 0.2) is 0 Å². The van der Waals surface area contributed by atoms with Gasteiger partial charge in [0, 0.05) is 12.1 Å². The fraction of sp³-hybridized carbons (Fsp3) is 0.684. The fourth-order valence-electron chi connectivity index (χ4n) is 3.74. The van der Waals surface area contributed by atoms with Crippen molar-refractivity contribution in [1.29, 1.82) is 0 Å². The first-order valence-electron chi connectivity index (χ1n) is 8.41. The van der Waals surface area contributed by atoms with Gasteiger partial charge in [0.2, 0.25) is 0 Å². The third kappa shape index (κ3) is 4.09. The summed E-state index contributed by atoms with van der Waals surface area (Å²) in [7, 11) is 0. The van der Waals surface area contributed by atoms with Gasteiger partial charge in [0.25, 0.3) is 0 Å².